The van der Waals surface area contributed by atoms with Gasteiger partial charge in [-0.25, -0.2) is 0 Å². The summed E-state index contributed by atoms with van der Waals surface area (Å²) in [6.07, 6.45) is 3.05. The number of aliphatic imine (C=N–C) groups is 1. The first-order valence-electron chi connectivity index (χ1n) is 5.29. The Labute approximate surface area is 84.3 Å². The summed E-state index contributed by atoms with van der Waals surface area (Å²) in [4.78, 5) is 7.24. The molecule has 2 nitrogen and oxygen atoms in total. The van der Waals surface area contributed by atoms with E-state index >= 15 is 0 Å². The van der Waals surface area contributed by atoms with Gasteiger partial charge in [-0.1, -0.05) is 30.3 Å². The summed E-state index contributed by atoms with van der Waals surface area (Å²) < 4.78 is 0. The molecule has 2 heteroatoms. The van der Waals surface area contributed by atoms with Gasteiger partial charge in [0.25, 0.3) is 0 Å². The van der Waals surface area contributed by atoms with Crippen molar-refractivity contribution in [3.63, 3.8) is 0 Å². The van der Waals surface area contributed by atoms with Crippen LogP contribution in [0.1, 0.15) is 18.4 Å². The number of nitrogens with zero attached hydrogens (tertiary/aromatic N) is 2. The van der Waals surface area contributed by atoms with Gasteiger partial charge in [0, 0.05) is 13.1 Å². The molecule has 0 aromatic heterocycles. The van der Waals surface area contributed by atoms with E-state index in [4.69, 9.17) is 4.99 Å². The van der Waals surface area contributed by atoms with Crippen LogP contribution in [0.15, 0.2) is 35.3 Å². The van der Waals surface area contributed by atoms with E-state index in [1.165, 1.54) is 30.7 Å². The topological polar surface area (TPSA) is 15.6 Å². The lowest BCUT2D eigenvalue weighted by Gasteiger charge is -2.11. The molecule has 1 fully saturated rings. The molecule has 0 radical (unpaired) electrons. The third-order valence-corrected chi connectivity index (χ3v) is 3.09. The third kappa shape index (κ3) is 1.26. The fourth-order valence-electron chi connectivity index (χ4n) is 2.35. The minimum Gasteiger partial charge on any atom is -0.276 e. The van der Waals surface area contributed by atoms with Crippen molar-refractivity contribution in [1.82, 2.24) is 4.90 Å². The van der Waals surface area contributed by atoms with Crippen LogP contribution >= 0.6 is 0 Å². The normalized spacial score (nSPS) is 26.3. The summed E-state index contributed by atoms with van der Waals surface area (Å²) >= 11 is 0. The maximum atomic E-state index is 4.76. The van der Waals surface area contributed by atoms with Crippen LogP contribution in [0.25, 0.3) is 0 Å². The summed E-state index contributed by atoms with van der Waals surface area (Å²) in [6.45, 7) is 2.28. The predicted molar refractivity (Wildman–Crippen MR) is 57.6 cm³/mol. The van der Waals surface area contributed by atoms with Crippen LogP contribution in [-0.4, -0.2) is 29.9 Å². The smallest absolute Gasteiger partial charge is 0.103 e. The highest BCUT2D eigenvalue weighted by atomic mass is 15.3. The second-order valence-corrected chi connectivity index (χ2v) is 4.04. The van der Waals surface area contributed by atoms with Crippen molar-refractivity contribution in [2.75, 3.05) is 13.1 Å². The van der Waals surface area contributed by atoms with Gasteiger partial charge >= 0.3 is 0 Å². The Kier molecular flexibility index (Phi) is 1.88. The zero-order valence-electron chi connectivity index (χ0n) is 8.19. The van der Waals surface area contributed by atoms with Crippen molar-refractivity contribution in [2.24, 2.45) is 4.99 Å². The molecule has 14 heavy (non-hydrogen) atoms. The Morgan fingerprint density at radius 3 is 2.86 bits per heavy atom. The molecule has 1 aromatic rings. The summed E-state index contributed by atoms with van der Waals surface area (Å²) in [6, 6.07) is 10.5. The Bertz CT molecular complexity index is 356. The summed E-state index contributed by atoms with van der Waals surface area (Å²) in [5, 5.41) is 0. The highest BCUT2D eigenvalue weighted by Gasteiger charge is 2.30. The van der Waals surface area contributed by atoms with E-state index in [1.54, 1.807) is 0 Å². The maximum absolute atomic E-state index is 4.76. The van der Waals surface area contributed by atoms with E-state index in [9.17, 15) is 0 Å². The van der Waals surface area contributed by atoms with E-state index in [2.05, 4.69) is 35.2 Å². The number of hydrogen-bond donors (Lipinski definition) is 0. The lowest BCUT2D eigenvalue weighted by molar-refractivity contribution is 0.322. The molecule has 0 N–H and O–H groups in total. The minimum atomic E-state index is 0.491. The first-order valence-corrected chi connectivity index (χ1v) is 5.29. The zero-order valence-corrected chi connectivity index (χ0v) is 8.19. The van der Waals surface area contributed by atoms with E-state index < -0.39 is 0 Å². The van der Waals surface area contributed by atoms with Gasteiger partial charge in [0.15, 0.2) is 0 Å². The molecule has 0 saturated carbocycles. The molecule has 2 aliphatic heterocycles. The van der Waals surface area contributed by atoms with Crippen molar-refractivity contribution in [3.8, 4) is 0 Å². The van der Waals surface area contributed by atoms with Crippen LogP contribution < -0.4 is 0 Å². The molecule has 72 valence electrons. The first kappa shape index (κ1) is 8.18. The standard InChI is InChI=1S/C12H14N2/c1-2-5-10(6-3-1)11-9-14-8-4-7-12(14)13-11/h1-3,5-6,12H,4,7-9H2/t12-/m1/s1. The molecule has 0 spiro atoms. The van der Waals surface area contributed by atoms with E-state index in [-0.39, 0.29) is 0 Å². The quantitative estimate of drug-likeness (QED) is 0.654. The first-order chi connectivity index (χ1) is 6.93. The SMILES string of the molecule is c1ccc(C2=N[C@H]3CCCN3C2)cc1. The van der Waals surface area contributed by atoms with E-state index in [0.717, 1.165) is 6.54 Å². The van der Waals surface area contributed by atoms with Gasteiger partial charge in [-0.2, -0.15) is 0 Å². The van der Waals surface area contributed by atoms with Crippen LogP contribution in [0.2, 0.25) is 0 Å². The van der Waals surface area contributed by atoms with Gasteiger partial charge in [-0.3, -0.25) is 9.89 Å². The number of hydrogen-bond acceptors (Lipinski definition) is 2. The van der Waals surface area contributed by atoms with Gasteiger partial charge in [0.1, 0.15) is 6.17 Å². The Morgan fingerprint density at radius 1 is 1.21 bits per heavy atom. The minimum absolute atomic E-state index is 0.491. The van der Waals surface area contributed by atoms with Gasteiger partial charge < -0.3 is 0 Å². The van der Waals surface area contributed by atoms with Gasteiger partial charge in [0.2, 0.25) is 0 Å². The van der Waals surface area contributed by atoms with Crippen LogP contribution in [0.5, 0.6) is 0 Å². The molecule has 0 aliphatic carbocycles. The highest BCUT2D eigenvalue weighted by Crippen LogP contribution is 2.24. The Balaban J connectivity index is 1.88. The zero-order chi connectivity index (χ0) is 9.38. The molecule has 0 bridgehead atoms. The van der Waals surface area contributed by atoms with E-state index in [0.29, 0.717) is 6.17 Å². The molecule has 1 saturated heterocycles. The molecular formula is C12H14N2. The third-order valence-electron chi connectivity index (χ3n) is 3.09. The largest absolute Gasteiger partial charge is 0.276 e. The maximum Gasteiger partial charge on any atom is 0.103 e. The Morgan fingerprint density at radius 2 is 2.07 bits per heavy atom. The Hall–Kier alpha value is -1.15. The lowest BCUT2D eigenvalue weighted by atomic mass is 10.1. The number of benzene rings is 1. The molecular weight excluding hydrogens is 172 g/mol. The van der Waals surface area contributed by atoms with Crippen LogP contribution in [-0.2, 0) is 0 Å². The summed E-state index contributed by atoms with van der Waals surface area (Å²) in [5.74, 6) is 0. The molecule has 0 amide bonds. The molecule has 1 atom stereocenters. The van der Waals surface area contributed by atoms with Crippen LogP contribution in [0.3, 0.4) is 0 Å². The van der Waals surface area contributed by atoms with Crippen molar-refractivity contribution in [3.05, 3.63) is 35.9 Å². The number of fused-ring (bicyclic) bond motifs is 1. The van der Waals surface area contributed by atoms with Crippen LogP contribution in [0, 0.1) is 0 Å². The van der Waals surface area contributed by atoms with Gasteiger partial charge in [-0.15, -0.1) is 0 Å². The van der Waals surface area contributed by atoms with Gasteiger partial charge in [0.05, 0.1) is 5.71 Å². The number of rotatable bonds is 1. The molecule has 1 aromatic carbocycles. The van der Waals surface area contributed by atoms with E-state index in [1.807, 2.05) is 0 Å². The second-order valence-electron chi connectivity index (χ2n) is 4.04. The summed E-state index contributed by atoms with van der Waals surface area (Å²) in [7, 11) is 0. The molecule has 0 unspecified atom stereocenters. The fraction of sp³-hybridized carbons (Fsp3) is 0.417. The second kappa shape index (κ2) is 3.21. The molecule has 2 heterocycles. The highest BCUT2D eigenvalue weighted by molar-refractivity contribution is 6.03. The van der Waals surface area contributed by atoms with Crippen molar-refractivity contribution < 1.29 is 0 Å². The molecule has 3 rings (SSSR count). The fourth-order valence-corrected chi connectivity index (χ4v) is 2.35. The van der Waals surface area contributed by atoms with Crippen molar-refractivity contribution >= 4 is 5.71 Å². The van der Waals surface area contributed by atoms with Gasteiger partial charge in [-0.05, 0) is 18.4 Å². The lowest BCUT2D eigenvalue weighted by Crippen LogP contribution is -2.25. The predicted octanol–water partition coefficient (Wildman–Crippen LogP) is 1.91. The van der Waals surface area contributed by atoms with Crippen molar-refractivity contribution in [2.45, 2.75) is 19.0 Å². The average molecular weight is 186 g/mol. The van der Waals surface area contributed by atoms with Crippen molar-refractivity contribution in [1.29, 1.82) is 0 Å². The van der Waals surface area contributed by atoms with Crippen LogP contribution in [0.4, 0.5) is 0 Å². The average Bonchev–Trinajstić information content (AvgIpc) is 2.78. The monoisotopic (exact) mass is 186 g/mol. The molecule has 2 aliphatic rings. The summed E-state index contributed by atoms with van der Waals surface area (Å²) in [5.41, 5.74) is 2.57.